The minimum atomic E-state index is -3.44. The molecule has 0 spiro atoms. The van der Waals surface area contributed by atoms with Gasteiger partial charge in [-0.25, -0.2) is 4.98 Å². The van der Waals surface area contributed by atoms with Crippen LogP contribution in [0.5, 0.6) is 0 Å². The van der Waals surface area contributed by atoms with E-state index in [1.807, 2.05) is 0 Å². The molecule has 0 N–H and O–H groups in total. The molecule has 14 heavy (non-hydrogen) atoms. The molecule has 1 aliphatic rings. The van der Waals surface area contributed by atoms with Gasteiger partial charge in [0, 0.05) is 35.6 Å². The highest BCUT2D eigenvalue weighted by atomic mass is 79.9. The Morgan fingerprint density at radius 2 is 2.21 bits per heavy atom. The molecule has 1 aromatic heterocycles. The van der Waals surface area contributed by atoms with Crippen LogP contribution < -0.4 is 4.90 Å². The molecule has 4 nitrogen and oxygen atoms in total. The molecular formula is C9H13BrN4. The Hall–Kier alpha value is -0.680. The molecule has 1 aliphatic heterocycles. The van der Waals surface area contributed by atoms with Crippen molar-refractivity contribution in [3.05, 3.63) is 17.0 Å². The van der Waals surface area contributed by atoms with Crippen LogP contribution >= 0.6 is 15.9 Å². The third kappa shape index (κ3) is 2.22. The van der Waals surface area contributed by atoms with E-state index in [1.54, 1.807) is 0 Å². The van der Waals surface area contributed by atoms with E-state index >= 15 is 0 Å². The minimum Gasteiger partial charge on any atom is -0.353 e. The quantitative estimate of drug-likeness (QED) is 0.760. The zero-order valence-corrected chi connectivity index (χ0v) is 8.41. The molecule has 2 heterocycles. The number of rotatable bonds is 1. The molecule has 0 atom stereocenters. The molecule has 5 heteroatoms. The molecular weight excluding hydrogens is 244 g/mol. The van der Waals surface area contributed by atoms with Crippen LogP contribution in [0.1, 0.15) is 15.1 Å². The molecule has 1 fully saturated rings. The monoisotopic (exact) mass is 267 g/mol. The van der Waals surface area contributed by atoms with Crippen LogP contribution in [0.2, 0.25) is 0 Å². The van der Waals surface area contributed by atoms with Gasteiger partial charge in [0.05, 0.1) is 17.9 Å². The molecule has 0 aliphatic carbocycles. The maximum absolute atomic E-state index is 8.07. The zero-order valence-electron chi connectivity index (χ0n) is 17.8. The van der Waals surface area contributed by atoms with Crippen molar-refractivity contribution in [2.24, 2.45) is 0 Å². The van der Waals surface area contributed by atoms with Gasteiger partial charge in [-0.1, -0.05) is 0 Å². The fourth-order valence-electron chi connectivity index (χ4n) is 0.811. The van der Waals surface area contributed by atoms with Crippen molar-refractivity contribution >= 4 is 21.7 Å². The van der Waals surface area contributed by atoms with Crippen molar-refractivity contribution in [2.45, 2.75) is 0 Å². The van der Waals surface area contributed by atoms with Crippen molar-refractivity contribution < 1.29 is 15.1 Å². The van der Waals surface area contributed by atoms with Crippen LogP contribution in [-0.2, 0) is 0 Å². The van der Waals surface area contributed by atoms with Crippen LogP contribution in [0, 0.1) is 0 Å². The lowest BCUT2D eigenvalue weighted by Crippen LogP contribution is -2.44. The summed E-state index contributed by atoms with van der Waals surface area (Å²) in [6.45, 7) is -16.9. The van der Waals surface area contributed by atoms with Gasteiger partial charge in [0.15, 0.2) is 0 Å². The SMILES string of the molecule is [2H]C([2H])([2H])N1C([2H])([2H])C([2H])([2H])N(c2cncc(Br)n2)C([2H])([2H])C1([2H])[2H]. The average molecular weight is 268 g/mol. The van der Waals surface area contributed by atoms with Gasteiger partial charge in [0.2, 0.25) is 0 Å². The number of hydrogen-bond donors (Lipinski definition) is 0. The Bertz CT molecular complexity index is 648. The van der Waals surface area contributed by atoms with Gasteiger partial charge < -0.3 is 9.80 Å². The Balaban J connectivity index is 2.80. The van der Waals surface area contributed by atoms with E-state index in [0.29, 0.717) is 0 Å². The van der Waals surface area contributed by atoms with E-state index in [2.05, 4.69) is 25.9 Å². The van der Waals surface area contributed by atoms with Crippen molar-refractivity contribution in [3.63, 3.8) is 0 Å². The minimum absolute atomic E-state index is 0.0796. The Labute approximate surface area is 108 Å². The first-order valence-corrected chi connectivity index (χ1v) is 4.36. The largest absolute Gasteiger partial charge is 0.353 e. The maximum atomic E-state index is 8.07. The smallest absolute Gasteiger partial charge is 0.148 e. The fourth-order valence-corrected chi connectivity index (χ4v) is 1.11. The number of anilines is 1. The topological polar surface area (TPSA) is 32.3 Å². The Kier molecular flexibility index (Phi) is 0.953. The lowest BCUT2D eigenvalue weighted by atomic mass is 10.3. The second-order valence-electron chi connectivity index (χ2n) is 2.32. The van der Waals surface area contributed by atoms with Gasteiger partial charge in [-0.05, 0) is 22.9 Å². The predicted octanol–water partition coefficient (Wildman–Crippen LogP) is 0.991. The molecule has 0 amide bonds. The second kappa shape index (κ2) is 4.23. The van der Waals surface area contributed by atoms with Gasteiger partial charge in [0.25, 0.3) is 0 Å². The summed E-state index contributed by atoms with van der Waals surface area (Å²) >= 11 is 2.97. The summed E-state index contributed by atoms with van der Waals surface area (Å²) in [6.07, 6.45) is 2.15. The first-order valence-electron chi connectivity index (χ1n) is 9.07. The van der Waals surface area contributed by atoms with E-state index in [4.69, 9.17) is 15.1 Å². The summed E-state index contributed by atoms with van der Waals surface area (Å²) in [5, 5.41) is 0. The maximum Gasteiger partial charge on any atom is 0.148 e. The Morgan fingerprint density at radius 1 is 1.43 bits per heavy atom. The van der Waals surface area contributed by atoms with Crippen molar-refractivity contribution in [2.75, 3.05) is 37.9 Å². The van der Waals surface area contributed by atoms with Gasteiger partial charge >= 0.3 is 0 Å². The van der Waals surface area contributed by atoms with Crippen LogP contribution in [0.25, 0.3) is 0 Å². The van der Waals surface area contributed by atoms with Gasteiger partial charge in [-0.15, -0.1) is 0 Å². The van der Waals surface area contributed by atoms with E-state index in [9.17, 15) is 0 Å². The molecule has 1 saturated heterocycles. The highest BCUT2D eigenvalue weighted by molar-refractivity contribution is 9.10. The molecule has 0 saturated carbocycles. The Morgan fingerprint density at radius 3 is 2.86 bits per heavy atom. The summed E-state index contributed by atoms with van der Waals surface area (Å²) in [7, 11) is 0. The van der Waals surface area contributed by atoms with Gasteiger partial charge in [0.1, 0.15) is 10.4 Å². The van der Waals surface area contributed by atoms with E-state index in [-0.39, 0.29) is 9.50 Å². The third-order valence-electron chi connectivity index (χ3n) is 1.37. The molecule has 1 aromatic rings. The summed E-state index contributed by atoms with van der Waals surface area (Å²) in [5.41, 5.74) is 0. The first kappa shape index (κ1) is 3.15. The molecule has 0 aromatic carbocycles. The second-order valence-corrected chi connectivity index (χ2v) is 3.13. The van der Waals surface area contributed by atoms with E-state index < -0.39 is 43.7 Å². The van der Waals surface area contributed by atoms with Crippen molar-refractivity contribution in [1.82, 2.24) is 14.9 Å². The number of nitrogens with zero attached hydrogens (tertiary/aromatic N) is 4. The average Bonchev–Trinajstić information content (AvgIpc) is 2.33. The van der Waals surface area contributed by atoms with E-state index in [0.717, 1.165) is 6.20 Å². The molecule has 0 bridgehead atoms. The van der Waals surface area contributed by atoms with Crippen molar-refractivity contribution in [3.8, 4) is 0 Å². The highest BCUT2D eigenvalue weighted by Gasteiger charge is 2.15. The zero-order chi connectivity index (χ0) is 19.6. The number of aromatic nitrogens is 2. The molecule has 0 radical (unpaired) electrons. The number of hydrogen-bond acceptors (Lipinski definition) is 4. The third-order valence-corrected chi connectivity index (χ3v) is 1.75. The number of piperazine rings is 1. The van der Waals surface area contributed by atoms with Crippen LogP contribution in [0.4, 0.5) is 5.82 Å². The molecule has 0 unspecified atom stereocenters. The van der Waals surface area contributed by atoms with Crippen LogP contribution in [0.3, 0.4) is 0 Å². The predicted molar refractivity (Wildman–Crippen MR) is 59.4 cm³/mol. The first-order chi connectivity index (χ1) is 11.0. The summed E-state index contributed by atoms with van der Waals surface area (Å²) < 4.78 is 86.4. The van der Waals surface area contributed by atoms with Crippen molar-refractivity contribution in [1.29, 1.82) is 0 Å². The van der Waals surface area contributed by atoms with Crippen LogP contribution in [-0.4, -0.2) is 47.8 Å². The normalized spacial score (nSPS) is 45.5. The molecule has 76 valence electrons. The highest BCUT2D eigenvalue weighted by Crippen LogP contribution is 2.14. The number of likely N-dealkylation sites (N-methyl/N-ethyl adjacent to an activating group) is 1. The fraction of sp³-hybridized carbons (Fsp3) is 0.556. The van der Waals surface area contributed by atoms with Crippen LogP contribution in [0.15, 0.2) is 17.0 Å². The lowest BCUT2D eigenvalue weighted by Gasteiger charge is -2.32. The standard InChI is InChI=1S/C9H13BrN4/c1-13-2-4-14(5-3-13)9-7-11-6-8(10)12-9/h6-7H,2-5H2,1H3/i1D3,2D2,3D2,4D2,5D2. The van der Waals surface area contributed by atoms with Gasteiger partial charge in [-0.3, -0.25) is 4.98 Å². The number of halogens is 1. The van der Waals surface area contributed by atoms with Gasteiger partial charge in [-0.2, -0.15) is 0 Å². The summed E-state index contributed by atoms with van der Waals surface area (Å²) in [5.74, 6) is -0.498. The lowest BCUT2D eigenvalue weighted by molar-refractivity contribution is 0.312. The summed E-state index contributed by atoms with van der Waals surface area (Å²) in [6, 6.07) is 0. The molecule has 2 rings (SSSR count). The summed E-state index contributed by atoms with van der Waals surface area (Å²) in [4.78, 5) is 7.26. The van der Waals surface area contributed by atoms with E-state index in [1.165, 1.54) is 6.20 Å².